The predicted octanol–water partition coefficient (Wildman–Crippen LogP) is 1.18. The van der Waals surface area contributed by atoms with Crippen LogP contribution in [0.1, 0.15) is 22.5 Å². The van der Waals surface area contributed by atoms with Gasteiger partial charge in [0.2, 0.25) is 0 Å². The van der Waals surface area contributed by atoms with Crippen molar-refractivity contribution in [1.29, 1.82) is 0 Å². The molecule has 2 unspecified atom stereocenters. The van der Waals surface area contributed by atoms with Gasteiger partial charge in [-0.1, -0.05) is 18.2 Å². The molecule has 24 heavy (non-hydrogen) atoms. The molecule has 2 aromatic rings. The van der Waals surface area contributed by atoms with E-state index in [9.17, 15) is 4.79 Å². The van der Waals surface area contributed by atoms with E-state index in [1.807, 2.05) is 30.1 Å². The fourth-order valence-electron chi connectivity index (χ4n) is 3.38. The minimum absolute atomic E-state index is 0.137. The third-order valence-electron chi connectivity index (χ3n) is 4.52. The normalized spacial score (nSPS) is 23.3. The van der Waals surface area contributed by atoms with E-state index >= 15 is 0 Å². The van der Waals surface area contributed by atoms with Gasteiger partial charge in [-0.3, -0.25) is 18.8 Å². The van der Waals surface area contributed by atoms with Gasteiger partial charge < -0.3 is 9.88 Å². The first-order valence-electron chi connectivity index (χ1n) is 7.53. The topological polar surface area (TPSA) is 114 Å². The second-order valence-corrected chi connectivity index (χ2v) is 6.96. The van der Waals surface area contributed by atoms with Gasteiger partial charge in [0.25, 0.3) is 5.91 Å². The van der Waals surface area contributed by atoms with Gasteiger partial charge in [-0.05, 0) is 12.5 Å². The fraction of sp³-hybridized carbons (Fsp3) is 0.400. The van der Waals surface area contributed by atoms with Gasteiger partial charge in [-0.2, -0.15) is 8.42 Å². The number of carbonyl (C=O) groups is 1. The van der Waals surface area contributed by atoms with Crippen molar-refractivity contribution in [3.63, 3.8) is 0 Å². The Morgan fingerprint density at radius 1 is 1.25 bits per heavy atom. The average Bonchev–Trinajstić information content (AvgIpc) is 3.09. The fourth-order valence-corrected chi connectivity index (χ4v) is 3.38. The van der Waals surface area contributed by atoms with Crippen LogP contribution in [0, 0.1) is 0 Å². The SMILES string of the molecule is CN1C(=O)c2[nH]c3ccccc3c2CN2CCC1C2.O=S(=O)(O)O. The summed E-state index contributed by atoms with van der Waals surface area (Å²) in [5, 5.41) is 1.18. The third kappa shape index (κ3) is 3.44. The first-order valence-corrected chi connectivity index (χ1v) is 8.92. The molecule has 0 radical (unpaired) electrons. The maximum Gasteiger partial charge on any atom is 0.394 e. The highest BCUT2D eigenvalue weighted by Gasteiger charge is 2.34. The molecule has 2 aliphatic heterocycles. The number of hydrogen-bond donors (Lipinski definition) is 3. The number of aromatic amines is 1. The number of hydrogen-bond acceptors (Lipinski definition) is 4. The Balaban J connectivity index is 0.000000300. The van der Waals surface area contributed by atoms with E-state index in [4.69, 9.17) is 17.5 Å². The molecule has 3 N–H and O–H groups in total. The molecule has 9 heteroatoms. The van der Waals surface area contributed by atoms with E-state index in [0.717, 1.165) is 42.8 Å². The van der Waals surface area contributed by atoms with Gasteiger partial charge in [0.05, 0.1) is 0 Å². The smallest absolute Gasteiger partial charge is 0.350 e. The van der Waals surface area contributed by atoms with Crippen LogP contribution in [0.15, 0.2) is 24.3 Å². The standard InChI is InChI=1S/C15H17N3O.H2O4S/c1-17-10-6-7-18(8-10)9-12-11-4-2-3-5-13(11)16-14(12)15(17)19;1-5(2,3)4/h2-5,10,16H,6-9H2,1H3;(H2,1,2,3,4). The Labute approximate surface area is 139 Å². The lowest BCUT2D eigenvalue weighted by Crippen LogP contribution is -2.41. The average molecular weight is 353 g/mol. The van der Waals surface area contributed by atoms with Crippen molar-refractivity contribution in [3.8, 4) is 0 Å². The molecule has 2 atom stereocenters. The van der Waals surface area contributed by atoms with Crippen LogP contribution in [-0.4, -0.2) is 64.4 Å². The summed E-state index contributed by atoms with van der Waals surface area (Å²) in [7, 11) is -2.74. The highest BCUT2D eigenvalue weighted by atomic mass is 32.3. The van der Waals surface area contributed by atoms with Crippen LogP contribution in [0.5, 0.6) is 0 Å². The number of para-hydroxylation sites is 1. The highest BCUT2D eigenvalue weighted by molar-refractivity contribution is 7.79. The van der Waals surface area contributed by atoms with Crippen LogP contribution >= 0.6 is 0 Å². The van der Waals surface area contributed by atoms with Crippen LogP contribution in [0.4, 0.5) is 0 Å². The van der Waals surface area contributed by atoms with E-state index in [2.05, 4.69) is 16.0 Å². The van der Waals surface area contributed by atoms with Crippen LogP contribution in [-0.2, 0) is 16.9 Å². The number of likely N-dealkylation sites (N-methyl/N-ethyl adjacent to an activating group) is 1. The number of carbonyl (C=O) groups excluding carboxylic acids is 1. The predicted molar refractivity (Wildman–Crippen MR) is 88.3 cm³/mol. The number of fused-ring (bicyclic) bond motifs is 5. The number of aromatic nitrogens is 1. The summed E-state index contributed by atoms with van der Waals surface area (Å²) < 4.78 is 31.6. The molecule has 1 amide bonds. The number of benzene rings is 1. The van der Waals surface area contributed by atoms with Gasteiger partial charge in [-0.25, -0.2) is 0 Å². The molecule has 0 saturated carbocycles. The summed E-state index contributed by atoms with van der Waals surface area (Å²) in [5.74, 6) is 0.137. The summed E-state index contributed by atoms with van der Waals surface area (Å²) >= 11 is 0. The largest absolute Gasteiger partial charge is 0.394 e. The molecule has 2 bridgehead atoms. The summed E-state index contributed by atoms with van der Waals surface area (Å²) in [6.07, 6.45) is 1.09. The van der Waals surface area contributed by atoms with Crippen molar-refractivity contribution >= 4 is 27.2 Å². The first-order chi connectivity index (χ1) is 11.2. The zero-order valence-corrected chi connectivity index (χ0v) is 14.0. The second kappa shape index (κ2) is 6.17. The minimum atomic E-state index is -4.67. The molecule has 4 rings (SSSR count). The van der Waals surface area contributed by atoms with E-state index in [1.165, 1.54) is 5.39 Å². The van der Waals surface area contributed by atoms with E-state index in [-0.39, 0.29) is 5.91 Å². The van der Waals surface area contributed by atoms with Crippen molar-refractivity contribution in [3.05, 3.63) is 35.5 Å². The molecule has 1 saturated heterocycles. The summed E-state index contributed by atoms with van der Waals surface area (Å²) in [5.41, 5.74) is 3.00. The molecule has 0 aliphatic carbocycles. The maximum absolute atomic E-state index is 12.6. The van der Waals surface area contributed by atoms with Crippen LogP contribution in [0.25, 0.3) is 10.9 Å². The second-order valence-electron chi connectivity index (χ2n) is 6.07. The van der Waals surface area contributed by atoms with E-state index in [0.29, 0.717) is 6.04 Å². The lowest BCUT2D eigenvalue weighted by molar-refractivity contribution is 0.0719. The number of nitrogens with zero attached hydrogens (tertiary/aromatic N) is 2. The molecule has 1 aromatic carbocycles. The molecule has 130 valence electrons. The number of amides is 1. The van der Waals surface area contributed by atoms with Crippen molar-refractivity contribution < 1.29 is 22.3 Å². The van der Waals surface area contributed by atoms with Crippen molar-refractivity contribution in [2.24, 2.45) is 0 Å². The van der Waals surface area contributed by atoms with Gasteiger partial charge >= 0.3 is 10.4 Å². The minimum Gasteiger partial charge on any atom is -0.350 e. The Morgan fingerprint density at radius 3 is 2.62 bits per heavy atom. The molecule has 0 spiro atoms. The summed E-state index contributed by atoms with van der Waals surface area (Å²) in [4.78, 5) is 20.3. The zero-order chi connectivity index (χ0) is 17.5. The van der Waals surface area contributed by atoms with Crippen molar-refractivity contribution in [1.82, 2.24) is 14.8 Å². The molecule has 1 aromatic heterocycles. The van der Waals surface area contributed by atoms with E-state index in [1.54, 1.807) is 0 Å². The molecule has 2 aliphatic rings. The van der Waals surface area contributed by atoms with Crippen molar-refractivity contribution in [2.45, 2.75) is 19.0 Å². The Hall–Kier alpha value is -1.94. The van der Waals surface area contributed by atoms with Crippen LogP contribution < -0.4 is 0 Å². The quantitative estimate of drug-likeness (QED) is 0.613. The Kier molecular flexibility index (Phi) is 4.35. The van der Waals surface area contributed by atoms with Crippen molar-refractivity contribution in [2.75, 3.05) is 20.1 Å². The molecule has 3 heterocycles. The molecular formula is C15H19N3O5S. The molecule has 8 nitrogen and oxygen atoms in total. The lowest BCUT2D eigenvalue weighted by atomic mass is 10.1. The van der Waals surface area contributed by atoms with Gasteiger partial charge in [-0.15, -0.1) is 0 Å². The molecular weight excluding hydrogens is 334 g/mol. The van der Waals surface area contributed by atoms with Crippen LogP contribution in [0.3, 0.4) is 0 Å². The number of nitrogens with one attached hydrogen (secondary N) is 1. The number of H-pyrrole nitrogens is 1. The monoisotopic (exact) mass is 353 g/mol. The lowest BCUT2D eigenvalue weighted by Gasteiger charge is -2.27. The van der Waals surface area contributed by atoms with Gasteiger partial charge in [0.15, 0.2) is 0 Å². The third-order valence-corrected chi connectivity index (χ3v) is 4.52. The summed E-state index contributed by atoms with van der Waals surface area (Å²) in [6.45, 7) is 2.97. The first kappa shape index (κ1) is 16.9. The summed E-state index contributed by atoms with van der Waals surface area (Å²) in [6, 6.07) is 8.56. The highest BCUT2D eigenvalue weighted by Crippen LogP contribution is 2.29. The van der Waals surface area contributed by atoms with Crippen LogP contribution in [0.2, 0.25) is 0 Å². The Morgan fingerprint density at radius 2 is 1.92 bits per heavy atom. The number of rotatable bonds is 0. The van der Waals surface area contributed by atoms with E-state index < -0.39 is 10.4 Å². The zero-order valence-electron chi connectivity index (χ0n) is 13.1. The van der Waals surface area contributed by atoms with Gasteiger partial charge in [0.1, 0.15) is 5.69 Å². The molecule has 1 fully saturated rings. The maximum atomic E-state index is 12.6. The Bertz CT molecular complexity index is 868. The van der Waals surface area contributed by atoms with Gasteiger partial charge in [0, 0.05) is 49.2 Å².